The van der Waals surface area contributed by atoms with Gasteiger partial charge in [0.2, 0.25) is 0 Å². The van der Waals surface area contributed by atoms with Crippen molar-refractivity contribution in [3.05, 3.63) is 29.6 Å². The Hall–Kier alpha value is -1.44. The van der Waals surface area contributed by atoms with Crippen molar-refractivity contribution in [2.75, 3.05) is 6.54 Å². The maximum absolute atomic E-state index is 8.48. The van der Waals surface area contributed by atoms with Crippen molar-refractivity contribution in [2.24, 2.45) is 11.5 Å². The van der Waals surface area contributed by atoms with Crippen molar-refractivity contribution in [3.63, 3.8) is 0 Å². The molecule has 4 heteroatoms. The molecule has 4 nitrogen and oxygen atoms in total. The Balaban J connectivity index is 2.86. The summed E-state index contributed by atoms with van der Waals surface area (Å²) in [6, 6.07) is 5.14. The van der Waals surface area contributed by atoms with Crippen molar-refractivity contribution in [1.82, 2.24) is 4.98 Å². The molecule has 62 valence electrons. The minimum Gasteiger partial charge on any atom is -0.329 e. The van der Waals surface area contributed by atoms with Gasteiger partial charge in [0, 0.05) is 12.7 Å². The standard InChI is InChI=1S/C8H10N4/c9-3-6-1-2-8(12-5-6)7(11)4-10/h1-2,5,7H,4,10-11H2/t7-/m0/s1. The molecule has 0 spiro atoms. The van der Waals surface area contributed by atoms with E-state index in [1.54, 1.807) is 12.1 Å². The fourth-order valence-electron chi connectivity index (χ4n) is 0.812. The van der Waals surface area contributed by atoms with Gasteiger partial charge in [-0.1, -0.05) is 0 Å². The lowest BCUT2D eigenvalue weighted by atomic mass is 10.2. The van der Waals surface area contributed by atoms with Gasteiger partial charge in [-0.05, 0) is 12.1 Å². The number of nitrogens with two attached hydrogens (primary N) is 2. The Kier molecular flexibility index (Phi) is 2.75. The van der Waals surface area contributed by atoms with Gasteiger partial charge in [0.1, 0.15) is 6.07 Å². The summed E-state index contributed by atoms with van der Waals surface area (Å²) in [6.07, 6.45) is 1.49. The van der Waals surface area contributed by atoms with Crippen molar-refractivity contribution in [1.29, 1.82) is 5.26 Å². The molecule has 0 aliphatic heterocycles. The van der Waals surface area contributed by atoms with Crippen LogP contribution in [0.4, 0.5) is 0 Å². The average Bonchev–Trinajstić information content (AvgIpc) is 2.17. The third-order valence-electron chi connectivity index (χ3n) is 1.55. The van der Waals surface area contributed by atoms with E-state index in [0.29, 0.717) is 12.1 Å². The molecule has 0 unspecified atom stereocenters. The molecule has 0 radical (unpaired) electrons. The predicted octanol–water partition coefficient (Wildman–Crippen LogP) is -0.0882. The zero-order valence-electron chi connectivity index (χ0n) is 6.57. The van der Waals surface area contributed by atoms with Crippen LogP contribution in [0.5, 0.6) is 0 Å². The second-order valence-corrected chi connectivity index (χ2v) is 2.43. The van der Waals surface area contributed by atoms with Crippen LogP contribution in [0.25, 0.3) is 0 Å². The molecule has 0 saturated carbocycles. The predicted molar refractivity (Wildman–Crippen MR) is 44.9 cm³/mol. The number of hydrogen-bond donors (Lipinski definition) is 2. The largest absolute Gasteiger partial charge is 0.329 e. The minimum absolute atomic E-state index is 0.238. The number of nitrogens with zero attached hydrogens (tertiary/aromatic N) is 2. The van der Waals surface area contributed by atoms with E-state index >= 15 is 0 Å². The zero-order valence-corrected chi connectivity index (χ0v) is 6.57. The molecule has 1 rings (SSSR count). The van der Waals surface area contributed by atoms with Crippen molar-refractivity contribution < 1.29 is 0 Å². The molecule has 1 atom stereocenters. The molecule has 0 saturated heterocycles. The van der Waals surface area contributed by atoms with E-state index in [9.17, 15) is 0 Å². The van der Waals surface area contributed by atoms with Crippen LogP contribution < -0.4 is 11.5 Å². The molecular weight excluding hydrogens is 152 g/mol. The smallest absolute Gasteiger partial charge is 0.101 e. The lowest BCUT2D eigenvalue weighted by Gasteiger charge is -2.06. The van der Waals surface area contributed by atoms with Gasteiger partial charge in [0.15, 0.2) is 0 Å². The van der Waals surface area contributed by atoms with Crippen LogP contribution in [0, 0.1) is 11.3 Å². The third kappa shape index (κ3) is 1.78. The van der Waals surface area contributed by atoms with E-state index in [-0.39, 0.29) is 6.04 Å². The maximum atomic E-state index is 8.48. The lowest BCUT2D eigenvalue weighted by molar-refractivity contribution is 0.711. The molecule has 0 fully saturated rings. The molecule has 4 N–H and O–H groups in total. The van der Waals surface area contributed by atoms with E-state index in [2.05, 4.69) is 4.98 Å². The first-order valence-electron chi connectivity index (χ1n) is 3.59. The molecule has 0 aliphatic carbocycles. The van der Waals surface area contributed by atoms with E-state index < -0.39 is 0 Å². The highest BCUT2D eigenvalue weighted by atomic mass is 14.8. The molecule has 1 heterocycles. The fourth-order valence-corrected chi connectivity index (χ4v) is 0.812. The van der Waals surface area contributed by atoms with E-state index in [1.807, 2.05) is 6.07 Å². The van der Waals surface area contributed by atoms with Crippen LogP contribution in [0.1, 0.15) is 17.3 Å². The molecule has 0 aromatic carbocycles. The summed E-state index contributed by atoms with van der Waals surface area (Å²) in [5.74, 6) is 0. The number of nitriles is 1. The Morgan fingerprint density at radius 2 is 2.33 bits per heavy atom. The van der Waals surface area contributed by atoms with Crippen LogP contribution in [0.15, 0.2) is 18.3 Å². The van der Waals surface area contributed by atoms with Crippen LogP contribution in [0.2, 0.25) is 0 Å². The second-order valence-electron chi connectivity index (χ2n) is 2.43. The summed E-state index contributed by atoms with van der Waals surface area (Å²) in [6.45, 7) is 0.360. The monoisotopic (exact) mass is 162 g/mol. The number of aromatic nitrogens is 1. The van der Waals surface area contributed by atoms with E-state index in [1.165, 1.54) is 6.20 Å². The number of rotatable bonds is 2. The van der Waals surface area contributed by atoms with E-state index in [0.717, 1.165) is 5.69 Å². The molecule has 1 aromatic rings. The Bertz CT molecular complexity index is 285. The highest BCUT2D eigenvalue weighted by Crippen LogP contribution is 2.05. The highest BCUT2D eigenvalue weighted by Gasteiger charge is 2.03. The minimum atomic E-state index is -0.238. The van der Waals surface area contributed by atoms with Gasteiger partial charge in [0.05, 0.1) is 17.3 Å². The molecular formula is C8H10N4. The first-order chi connectivity index (χ1) is 5.77. The Morgan fingerprint density at radius 1 is 1.58 bits per heavy atom. The van der Waals surface area contributed by atoms with Crippen molar-refractivity contribution in [3.8, 4) is 6.07 Å². The van der Waals surface area contributed by atoms with Crippen molar-refractivity contribution in [2.45, 2.75) is 6.04 Å². The lowest BCUT2D eigenvalue weighted by Crippen LogP contribution is -2.21. The maximum Gasteiger partial charge on any atom is 0.101 e. The van der Waals surface area contributed by atoms with Crippen LogP contribution >= 0.6 is 0 Å². The highest BCUT2D eigenvalue weighted by molar-refractivity contribution is 5.27. The third-order valence-corrected chi connectivity index (χ3v) is 1.55. The molecule has 0 bridgehead atoms. The summed E-state index contributed by atoms with van der Waals surface area (Å²) in [5.41, 5.74) is 12.2. The van der Waals surface area contributed by atoms with E-state index in [4.69, 9.17) is 16.7 Å². The number of pyridine rings is 1. The van der Waals surface area contributed by atoms with Gasteiger partial charge < -0.3 is 11.5 Å². The Labute approximate surface area is 70.8 Å². The van der Waals surface area contributed by atoms with Crippen LogP contribution in [0.3, 0.4) is 0 Å². The topological polar surface area (TPSA) is 88.7 Å². The summed E-state index contributed by atoms with van der Waals surface area (Å²) in [4.78, 5) is 3.99. The molecule has 0 aliphatic rings. The van der Waals surface area contributed by atoms with Gasteiger partial charge in [-0.15, -0.1) is 0 Å². The first kappa shape index (κ1) is 8.65. The van der Waals surface area contributed by atoms with Gasteiger partial charge in [-0.25, -0.2) is 0 Å². The summed E-state index contributed by atoms with van der Waals surface area (Å²) in [5, 5.41) is 8.48. The Morgan fingerprint density at radius 3 is 2.75 bits per heavy atom. The summed E-state index contributed by atoms with van der Waals surface area (Å²) < 4.78 is 0. The van der Waals surface area contributed by atoms with Gasteiger partial charge in [-0.3, -0.25) is 4.98 Å². The molecule has 12 heavy (non-hydrogen) atoms. The van der Waals surface area contributed by atoms with Gasteiger partial charge in [-0.2, -0.15) is 5.26 Å². The zero-order chi connectivity index (χ0) is 8.97. The van der Waals surface area contributed by atoms with Gasteiger partial charge in [0.25, 0.3) is 0 Å². The van der Waals surface area contributed by atoms with Crippen LogP contribution in [-0.4, -0.2) is 11.5 Å². The van der Waals surface area contributed by atoms with Crippen molar-refractivity contribution >= 4 is 0 Å². The average molecular weight is 162 g/mol. The fraction of sp³-hybridized carbons (Fsp3) is 0.250. The number of hydrogen-bond acceptors (Lipinski definition) is 4. The summed E-state index contributed by atoms with van der Waals surface area (Å²) >= 11 is 0. The van der Waals surface area contributed by atoms with Crippen LogP contribution in [-0.2, 0) is 0 Å². The quantitative estimate of drug-likeness (QED) is 0.636. The second kappa shape index (κ2) is 3.81. The molecule has 1 aromatic heterocycles. The normalized spacial score (nSPS) is 12.1. The van der Waals surface area contributed by atoms with Gasteiger partial charge >= 0.3 is 0 Å². The first-order valence-corrected chi connectivity index (χ1v) is 3.59. The summed E-state index contributed by atoms with van der Waals surface area (Å²) in [7, 11) is 0. The SMILES string of the molecule is N#Cc1ccc([C@@H](N)CN)nc1. The molecule has 0 amide bonds.